The van der Waals surface area contributed by atoms with Crippen LogP contribution in [0.2, 0.25) is 5.02 Å². The molecule has 0 radical (unpaired) electrons. The van der Waals surface area contributed by atoms with Gasteiger partial charge >= 0.3 is 0 Å². The van der Waals surface area contributed by atoms with Gasteiger partial charge in [-0.25, -0.2) is 17.1 Å². The van der Waals surface area contributed by atoms with Crippen LogP contribution in [0.4, 0.5) is 15.8 Å². The van der Waals surface area contributed by atoms with E-state index in [4.69, 9.17) is 23.8 Å². The summed E-state index contributed by atoms with van der Waals surface area (Å²) in [4.78, 5) is 0.151. The first-order valence-electron chi connectivity index (χ1n) is 7.17. The molecular weight excluding hydrogens is 385 g/mol. The molecule has 0 atom stereocenters. The van der Waals surface area contributed by atoms with Gasteiger partial charge in [-0.15, -0.1) is 0 Å². The summed E-state index contributed by atoms with van der Waals surface area (Å²) in [7, 11) is -0.621. The number of rotatable bonds is 4. The van der Waals surface area contributed by atoms with Crippen molar-refractivity contribution in [3.05, 3.63) is 52.8 Å². The van der Waals surface area contributed by atoms with Crippen LogP contribution in [0.15, 0.2) is 41.3 Å². The second-order valence-corrected chi connectivity index (χ2v) is 8.44. The maximum absolute atomic E-state index is 13.2. The zero-order valence-electron chi connectivity index (χ0n) is 13.8. The zero-order chi connectivity index (χ0) is 18.8. The van der Waals surface area contributed by atoms with Gasteiger partial charge in [-0.2, -0.15) is 0 Å². The lowest BCUT2D eigenvalue weighted by Gasteiger charge is -2.16. The van der Waals surface area contributed by atoms with Crippen molar-refractivity contribution in [1.82, 2.24) is 4.31 Å². The molecule has 9 heteroatoms. The summed E-state index contributed by atoms with van der Waals surface area (Å²) in [5.41, 5.74) is 1.88. The molecule has 2 aromatic carbocycles. The van der Waals surface area contributed by atoms with Crippen molar-refractivity contribution >= 4 is 50.3 Å². The molecule has 0 aromatic heterocycles. The molecule has 2 aromatic rings. The maximum Gasteiger partial charge on any atom is 0.242 e. The third kappa shape index (κ3) is 4.66. The largest absolute Gasteiger partial charge is 0.332 e. The van der Waals surface area contributed by atoms with Crippen LogP contribution in [0, 0.1) is 12.7 Å². The van der Waals surface area contributed by atoms with Gasteiger partial charge in [-0.3, -0.25) is 0 Å². The average molecular weight is 402 g/mol. The van der Waals surface area contributed by atoms with Crippen molar-refractivity contribution in [3.8, 4) is 0 Å². The maximum atomic E-state index is 13.2. The van der Waals surface area contributed by atoms with E-state index in [-0.39, 0.29) is 15.0 Å². The van der Waals surface area contributed by atoms with Crippen molar-refractivity contribution in [2.75, 3.05) is 24.7 Å². The van der Waals surface area contributed by atoms with Crippen LogP contribution >= 0.6 is 23.8 Å². The van der Waals surface area contributed by atoms with Crippen LogP contribution in [0.3, 0.4) is 0 Å². The van der Waals surface area contributed by atoms with E-state index in [1.54, 1.807) is 6.07 Å². The predicted octanol–water partition coefficient (Wildman–Crippen LogP) is 3.85. The van der Waals surface area contributed by atoms with Crippen LogP contribution in [-0.4, -0.2) is 31.9 Å². The van der Waals surface area contributed by atoms with Gasteiger partial charge in [0.1, 0.15) is 5.82 Å². The Morgan fingerprint density at radius 2 is 1.84 bits per heavy atom. The highest BCUT2D eigenvalue weighted by Crippen LogP contribution is 2.23. The van der Waals surface area contributed by atoms with Crippen molar-refractivity contribution in [2.45, 2.75) is 11.8 Å². The number of hydrogen-bond donors (Lipinski definition) is 2. The van der Waals surface area contributed by atoms with Gasteiger partial charge in [-0.1, -0.05) is 17.7 Å². The highest BCUT2D eigenvalue weighted by atomic mass is 35.5. The fourth-order valence-electron chi connectivity index (χ4n) is 1.97. The molecular formula is C16H17ClFN3O2S2. The third-order valence-electron chi connectivity index (χ3n) is 3.41. The molecule has 0 aliphatic carbocycles. The Morgan fingerprint density at radius 3 is 2.44 bits per heavy atom. The molecule has 0 amide bonds. The summed E-state index contributed by atoms with van der Waals surface area (Å²) in [6, 6.07) is 8.86. The van der Waals surface area contributed by atoms with Gasteiger partial charge in [0.25, 0.3) is 0 Å². The number of thiocarbonyl (C=S) groups is 1. The van der Waals surface area contributed by atoms with Gasteiger partial charge in [0.05, 0.1) is 9.92 Å². The molecule has 0 unspecified atom stereocenters. The third-order valence-corrected chi connectivity index (χ3v) is 5.72. The van der Waals surface area contributed by atoms with Crippen LogP contribution < -0.4 is 10.6 Å². The molecule has 25 heavy (non-hydrogen) atoms. The van der Waals surface area contributed by atoms with E-state index in [9.17, 15) is 12.8 Å². The summed E-state index contributed by atoms with van der Waals surface area (Å²) in [5, 5.41) is 6.02. The lowest BCUT2D eigenvalue weighted by atomic mass is 10.2. The van der Waals surface area contributed by atoms with Crippen LogP contribution in [0.5, 0.6) is 0 Å². The molecule has 5 nitrogen and oxygen atoms in total. The first-order chi connectivity index (χ1) is 11.6. The van der Waals surface area contributed by atoms with E-state index in [2.05, 4.69) is 10.6 Å². The molecule has 0 saturated heterocycles. The number of hydrogen-bond acceptors (Lipinski definition) is 3. The van der Waals surface area contributed by atoms with Gasteiger partial charge in [0.15, 0.2) is 5.11 Å². The fraction of sp³-hybridized carbons (Fsp3) is 0.188. The Morgan fingerprint density at radius 1 is 1.16 bits per heavy atom. The smallest absolute Gasteiger partial charge is 0.242 e. The minimum Gasteiger partial charge on any atom is -0.332 e. The quantitative estimate of drug-likeness (QED) is 0.762. The highest BCUT2D eigenvalue weighted by Gasteiger charge is 2.18. The van der Waals surface area contributed by atoms with Gasteiger partial charge in [-0.05, 0) is 55.0 Å². The molecule has 134 valence electrons. The molecule has 2 N–H and O–H groups in total. The van der Waals surface area contributed by atoms with Crippen LogP contribution in [0.1, 0.15) is 5.56 Å². The molecule has 0 bridgehead atoms. The first-order valence-corrected chi connectivity index (χ1v) is 9.40. The van der Waals surface area contributed by atoms with Gasteiger partial charge < -0.3 is 10.6 Å². The minimum atomic E-state index is -3.55. The topological polar surface area (TPSA) is 61.4 Å². The van der Waals surface area contributed by atoms with Crippen LogP contribution in [-0.2, 0) is 10.0 Å². The normalized spacial score (nSPS) is 11.4. The lowest BCUT2D eigenvalue weighted by Crippen LogP contribution is -2.23. The summed E-state index contributed by atoms with van der Waals surface area (Å²) in [6.45, 7) is 1.83. The molecule has 0 spiro atoms. The van der Waals surface area contributed by atoms with Crippen LogP contribution in [0.25, 0.3) is 0 Å². The lowest BCUT2D eigenvalue weighted by molar-refractivity contribution is 0.521. The Hall–Kier alpha value is -1.74. The summed E-state index contributed by atoms with van der Waals surface area (Å²) in [5.74, 6) is -0.525. The van der Waals surface area contributed by atoms with Crippen molar-refractivity contribution in [3.63, 3.8) is 0 Å². The number of sulfonamides is 1. The number of anilines is 2. The minimum absolute atomic E-state index is 0.0249. The van der Waals surface area contributed by atoms with E-state index in [1.165, 1.54) is 44.4 Å². The number of nitrogens with zero attached hydrogens (tertiary/aromatic N) is 1. The van der Waals surface area contributed by atoms with E-state index >= 15 is 0 Å². The second-order valence-electron chi connectivity index (χ2n) is 5.47. The highest BCUT2D eigenvalue weighted by molar-refractivity contribution is 7.89. The molecule has 0 heterocycles. The average Bonchev–Trinajstić information content (AvgIpc) is 2.52. The van der Waals surface area contributed by atoms with Gasteiger partial charge in [0.2, 0.25) is 10.0 Å². The Balaban J connectivity index is 2.21. The Bertz CT molecular complexity index is 918. The summed E-state index contributed by atoms with van der Waals surface area (Å²) >= 11 is 11.0. The van der Waals surface area contributed by atoms with Crippen molar-refractivity contribution < 1.29 is 12.8 Å². The van der Waals surface area contributed by atoms with Crippen molar-refractivity contribution in [2.24, 2.45) is 0 Å². The molecule has 2 rings (SSSR count). The number of benzene rings is 2. The Labute approximate surface area is 156 Å². The predicted molar refractivity (Wildman–Crippen MR) is 103 cm³/mol. The molecule has 0 fully saturated rings. The standard InChI is InChI=1S/C16H17ClFN3O2S2/c1-10-4-6-12(25(22,23)21(2)3)9-15(10)20-16(24)19-11-5-7-14(18)13(17)8-11/h4-9H,1-3H3,(H2,19,20,24). The SMILES string of the molecule is Cc1ccc(S(=O)(=O)N(C)C)cc1NC(=S)Nc1ccc(F)c(Cl)c1. The number of aryl methyl sites for hydroxylation is 1. The monoisotopic (exact) mass is 401 g/mol. The number of halogens is 2. The van der Waals surface area contributed by atoms with E-state index in [0.717, 1.165) is 9.87 Å². The van der Waals surface area contributed by atoms with E-state index < -0.39 is 15.8 Å². The Kier molecular flexibility index (Phi) is 5.99. The molecule has 0 aliphatic heterocycles. The molecule has 0 aliphatic rings. The van der Waals surface area contributed by atoms with Gasteiger partial charge in [0, 0.05) is 25.5 Å². The summed E-state index contributed by atoms with van der Waals surface area (Å²) < 4.78 is 38.8. The van der Waals surface area contributed by atoms with E-state index in [0.29, 0.717) is 11.4 Å². The van der Waals surface area contributed by atoms with Crippen molar-refractivity contribution in [1.29, 1.82) is 0 Å². The first kappa shape index (κ1) is 19.6. The second kappa shape index (κ2) is 7.65. The number of nitrogens with one attached hydrogen (secondary N) is 2. The summed E-state index contributed by atoms with van der Waals surface area (Å²) in [6.07, 6.45) is 0. The molecule has 0 saturated carbocycles. The van der Waals surface area contributed by atoms with E-state index in [1.807, 2.05) is 6.92 Å². The zero-order valence-corrected chi connectivity index (χ0v) is 16.2. The fourth-order valence-corrected chi connectivity index (χ4v) is 3.30.